The molecule has 24 heavy (non-hydrogen) atoms. The molecule has 0 bridgehead atoms. The molecule has 1 atom stereocenters. The molecule has 3 rings (SSSR count). The fraction of sp³-hybridized carbons (Fsp3) is 0.438. The van der Waals surface area contributed by atoms with Crippen LogP contribution in [-0.2, 0) is 6.18 Å². The van der Waals surface area contributed by atoms with E-state index in [4.69, 9.17) is 0 Å². The lowest BCUT2D eigenvalue weighted by molar-refractivity contribution is -0.137. The molecule has 0 spiro atoms. The van der Waals surface area contributed by atoms with E-state index < -0.39 is 11.7 Å². The third kappa shape index (κ3) is 3.13. The SMILES string of the molecule is Cc1n[nH]nc1C(=O)N1CCCC[C@@H]1c1cccc(C(F)(F)F)c1. The van der Waals surface area contributed by atoms with Gasteiger partial charge < -0.3 is 4.90 Å². The third-order valence-corrected chi connectivity index (χ3v) is 4.29. The Morgan fingerprint density at radius 2 is 2.08 bits per heavy atom. The molecule has 5 nitrogen and oxygen atoms in total. The summed E-state index contributed by atoms with van der Waals surface area (Å²) in [6, 6.07) is 4.81. The van der Waals surface area contributed by atoms with Crippen LogP contribution >= 0.6 is 0 Å². The molecule has 2 heterocycles. The predicted octanol–water partition coefficient (Wildman–Crippen LogP) is 3.50. The second kappa shape index (κ2) is 6.26. The molecule has 1 aromatic carbocycles. The Hall–Kier alpha value is -2.38. The Balaban J connectivity index is 1.93. The minimum atomic E-state index is -4.40. The van der Waals surface area contributed by atoms with E-state index in [0.29, 0.717) is 24.2 Å². The first-order valence-electron chi connectivity index (χ1n) is 7.73. The smallest absolute Gasteiger partial charge is 0.330 e. The van der Waals surface area contributed by atoms with Crippen molar-refractivity contribution < 1.29 is 18.0 Å². The summed E-state index contributed by atoms with van der Waals surface area (Å²) >= 11 is 0. The van der Waals surface area contributed by atoms with Crippen molar-refractivity contribution in [3.63, 3.8) is 0 Å². The van der Waals surface area contributed by atoms with Gasteiger partial charge in [-0.25, -0.2) is 0 Å². The summed E-state index contributed by atoms with van der Waals surface area (Å²) in [5.41, 5.74) is 0.497. The van der Waals surface area contributed by atoms with Crippen molar-refractivity contribution in [2.75, 3.05) is 6.54 Å². The number of amides is 1. The number of likely N-dealkylation sites (tertiary alicyclic amines) is 1. The van der Waals surface area contributed by atoms with Gasteiger partial charge in [0.25, 0.3) is 5.91 Å². The van der Waals surface area contributed by atoms with Crippen LogP contribution in [0, 0.1) is 6.92 Å². The summed E-state index contributed by atoms with van der Waals surface area (Å²) in [4.78, 5) is 14.3. The molecule has 1 N–H and O–H groups in total. The van der Waals surface area contributed by atoms with Crippen LogP contribution in [0.3, 0.4) is 0 Å². The summed E-state index contributed by atoms with van der Waals surface area (Å²) in [5.74, 6) is -0.302. The molecule has 0 saturated carbocycles. The highest BCUT2D eigenvalue weighted by Crippen LogP contribution is 2.36. The van der Waals surface area contributed by atoms with Crippen LogP contribution in [0.1, 0.15) is 52.6 Å². The van der Waals surface area contributed by atoms with E-state index in [1.807, 2.05) is 0 Å². The van der Waals surface area contributed by atoms with Gasteiger partial charge in [0, 0.05) is 6.54 Å². The first-order chi connectivity index (χ1) is 11.4. The minimum Gasteiger partial charge on any atom is -0.330 e. The number of rotatable bonds is 2. The first-order valence-corrected chi connectivity index (χ1v) is 7.73. The number of aryl methyl sites for hydroxylation is 1. The lowest BCUT2D eigenvalue weighted by Gasteiger charge is -2.36. The Morgan fingerprint density at radius 3 is 2.75 bits per heavy atom. The van der Waals surface area contributed by atoms with Crippen molar-refractivity contribution in [3.05, 3.63) is 46.8 Å². The van der Waals surface area contributed by atoms with Gasteiger partial charge in [-0.15, -0.1) is 0 Å². The van der Waals surface area contributed by atoms with Crippen LogP contribution < -0.4 is 0 Å². The van der Waals surface area contributed by atoms with E-state index in [2.05, 4.69) is 15.4 Å². The summed E-state index contributed by atoms with van der Waals surface area (Å²) in [6.07, 6.45) is -2.09. The molecule has 1 fully saturated rings. The zero-order chi connectivity index (χ0) is 17.3. The summed E-state index contributed by atoms with van der Waals surface area (Å²) < 4.78 is 38.9. The number of alkyl halides is 3. The highest BCUT2D eigenvalue weighted by atomic mass is 19.4. The fourth-order valence-electron chi connectivity index (χ4n) is 3.07. The molecule has 1 aliphatic rings. The maximum absolute atomic E-state index is 13.0. The van der Waals surface area contributed by atoms with Crippen LogP contribution in [0.4, 0.5) is 13.2 Å². The van der Waals surface area contributed by atoms with Crippen molar-refractivity contribution in [3.8, 4) is 0 Å². The molecule has 1 amide bonds. The normalized spacial score (nSPS) is 18.7. The molecule has 0 aliphatic carbocycles. The molecule has 1 aliphatic heterocycles. The number of aromatic amines is 1. The average molecular weight is 338 g/mol. The van der Waals surface area contributed by atoms with Crippen molar-refractivity contribution >= 4 is 5.91 Å². The second-order valence-electron chi connectivity index (χ2n) is 5.89. The number of hydrogen-bond donors (Lipinski definition) is 1. The predicted molar refractivity (Wildman–Crippen MR) is 80.2 cm³/mol. The zero-order valence-electron chi connectivity index (χ0n) is 13.1. The van der Waals surface area contributed by atoms with E-state index in [1.54, 1.807) is 17.9 Å². The van der Waals surface area contributed by atoms with E-state index in [0.717, 1.165) is 25.0 Å². The van der Waals surface area contributed by atoms with Crippen molar-refractivity contribution in [1.82, 2.24) is 20.3 Å². The fourth-order valence-corrected chi connectivity index (χ4v) is 3.07. The van der Waals surface area contributed by atoms with Crippen LogP contribution in [-0.4, -0.2) is 32.8 Å². The molecular formula is C16H17F3N4O. The van der Waals surface area contributed by atoms with Crippen LogP contribution in [0.25, 0.3) is 0 Å². The lowest BCUT2D eigenvalue weighted by Crippen LogP contribution is -2.39. The number of hydrogen-bond acceptors (Lipinski definition) is 3. The van der Waals surface area contributed by atoms with Crippen molar-refractivity contribution in [1.29, 1.82) is 0 Å². The molecule has 0 unspecified atom stereocenters. The lowest BCUT2D eigenvalue weighted by atomic mass is 9.93. The molecule has 1 aromatic heterocycles. The first kappa shape index (κ1) is 16.5. The molecule has 0 radical (unpaired) electrons. The zero-order valence-corrected chi connectivity index (χ0v) is 13.1. The Labute approximate surface area is 136 Å². The van der Waals surface area contributed by atoms with Gasteiger partial charge in [-0.3, -0.25) is 4.79 Å². The van der Waals surface area contributed by atoms with Crippen LogP contribution in [0.2, 0.25) is 0 Å². The highest BCUT2D eigenvalue weighted by molar-refractivity contribution is 5.93. The van der Waals surface area contributed by atoms with Gasteiger partial charge >= 0.3 is 6.18 Å². The number of carbonyl (C=O) groups excluding carboxylic acids is 1. The van der Waals surface area contributed by atoms with Gasteiger partial charge in [-0.1, -0.05) is 12.1 Å². The number of carbonyl (C=O) groups is 1. The summed E-state index contributed by atoms with van der Waals surface area (Å²) in [7, 11) is 0. The topological polar surface area (TPSA) is 61.9 Å². The van der Waals surface area contributed by atoms with E-state index in [-0.39, 0.29) is 17.6 Å². The highest BCUT2D eigenvalue weighted by Gasteiger charge is 2.34. The van der Waals surface area contributed by atoms with Gasteiger partial charge in [-0.2, -0.15) is 28.6 Å². The second-order valence-corrected chi connectivity index (χ2v) is 5.89. The molecule has 2 aromatic rings. The minimum absolute atomic E-state index is 0.217. The number of benzene rings is 1. The number of halogens is 3. The standard InChI is InChI=1S/C16H17F3N4O/c1-10-14(21-22-20-10)15(24)23-8-3-2-7-13(23)11-5-4-6-12(9-11)16(17,18)19/h4-6,9,13H,2-3,7-8H2,1H3,(H,20,21,22)/t13-/m1/s1. The van der Waals surface area contributed by atoms with E-state index in [1.165, 1.54) is 6.07 Å². The van der Waals surface area contributed by atoms with E-state index in [9.17, 15) is 18.0 Å². The number of aromatic nitrogens is 3. The third-order valence-electron chi connectivity index (χ3n) is 4.29. The van der Waals surface area contributed by atoms with Crippen LogP contribution in [0.5, 0.6) is 0 Å². The Morgan fingerprint density at radius 1 is 1.29 bits per heavy atom. The number of H-pyrrole nitrogens is 1. The average Bonchev–Trinajstić information content (AvgIpc) is 2.99. The Kier molecular flexibility index (Phi) is 4.29. The monoisotopic (exact) mass is 338 g/mol. The van der Waals surface area contributed by atoms with E-state index >= 15 is 0 Å². The van der Waals surface area contributed by atoms with Gasteiger partial charge in [0.2, 0.25) is 0 Å². The van der Waals surface area contributed by atoms with Crippen LogP contribution in [0.15, 0.2) is 24.3 Å². The van der Waals surface area contributed by atoms with Crippen molar-refractivity contribution in [2.45, 2.75) is 38.4 Å². The van der Waals surface area contributed by atoms with Gasteiger partial charge in [-0.05, 0) is 43.9 Å². The number of nitrogens with one attached hydrogen (secondary N) is 1. The maximum atomic E-state index is 13.0. The maximum Gasteiger partial charge on any atom is 0.416 e. The van der Waals surface area contributed by atoms with Gasteiger partial charge in [0.05, 0.1) is 17.3 Å². The Bertz CT molecular complexity index is 741. The quantitative estimate of drug-likeness (QED) is 0.912. The summed E-state index contributed by atoms with van der Waals surface area (Å²) in [5, 5.41) is 10.1. The molecule has 8 heteroatoms. The molecular weight excluding hydrogens is 321 g/mol. The van der Waals surface area contributed by atoms with Crippen molar-refractivity contribution in [2.24, 2.45) is 0 Å². The molecule has 128 valence electrons. The van der Waals surface area contributed by atoms with Gasteiger partial charge in [0.15, 0.2) is 5.69 Å². The summed E-state index contributed by atoms with van der Waals surface area (Å²) in [6.45, 7) is 2.16. The largest absolute Gasteiger partial charge is 0.416 e. The van der Waals surface area contributed by atoms with Gasteiger partial charge in [0.1, 0.15) is 0 Å². The molecule has 1 saturated heterocycles. The number of piperidine rings is 1. The number of nitrogens with zero attached hydrogens (tertiary/aromatic N) is 3.